The number of allylic oxidation sites excluding steroid dienone is 1. The molecule has 0 radical (unpaired) electrons. The summed E-state index contributed by atoms with van der Waals surface area (Å²) in [6.07, 6.45) is -1.64. The summed E-state index contributed by atoms with van der Waals surface area (Å²) >= 11 is 0. The van der Waals surface area contributed by atoms with Gasteiger partial charge in [0.2, 0.25) is 5.78 Å². The van der Waals surface area contributed by atoms with Gasteiger partial charge in [-0.25, -0.2) is 4.98 Å². The Bertz CT molecular complexity index is 946. The molecule has 0 amide bonds. The van der Waals surface area contributed by atoms with E-state index in [1.54, 1.807) is 0 Å². The maximum atomic E-state index is 13.0. The third-order valence-corrected chi connectivity index (χ3v) is 3.16. The summed E-state index contributed by atoms with van der Waals surface area (Å²) in [5.41, 5.74) is -0.961. The van der Waals surface area contributed by atoms with Gasteiger partial charge in [-0.05, 0) is 12.1 Å². The lowest BCUT2D eigenvalue weighted by atomic mass is 10.2. The van der Waals surface area contributed by atoms with Crippen LogP contribution in [0.15, 0.2) is 53.4 Å². The van der Waals surface area contributed by atoms with Crippen LogP contribution in [0.3, 0.4) is 0 Å². The third-order valence-electron chi connectivity index (χ3n) is 3.16. The SMILES string of the molecule is O=C(C=C(O)c1ncn[nH]1)c1cc(Oc2ccccc2C(F)(F)F)co1. The number of halogens is 3. The van der Waals surface area contributed by atoms with E-state index in [0.717, 1.165) is 36.9 Å². The van der Waals surface area contributed by atoms with Gasteiger partial charge in [-0.1, -0.05) is 12.1 Å². The molecule has 0 aliphatic carbocycles. The molecule has 1 aromatic carbocycles. The van der Waals surface area contributed by atoms with Gasteiger partial charge in [-0.2, -0.15) is 18.3 Å². The maximum absolute atomic E-state index is 13.0. The first-order chi connectivity index (χ1) is 12.3. The van der Waals surface area contributed by atoms with Gasteiger partial charge in [0.05, 0.1) is 5.56 Å². The fourth-order valence-corrected chi connectivity index (χ4v) is 2.01. The Kier molecular flexibility index (Phi) is 4.48. The van der Waals surface area contributed by atoms with Gasteiger partial charge in [0.15, 0.2) is 23.1 Å². The Morgan fingerprint density at radius 2 is 2.08 bits per heavy atom. The van der Waals surface area contributed by atoms with Gasteiger partial charge in [0.1, 0.15) is 18.3 Å². The number of aliphatic hydroxyl groups excluding tert-OH is 1. The molecule has 0 unspecified atom stereocenters. The number of aromatic amines is 1. The second-order valence-corrected chi connectivity index (χ2v) is 4.97. The number of nitrogens with one attached hydrogen (secondary N) is 1. The number of ketones is 1. The first-order valence-electron chi connectivity index (χ1n) is 7.08. The second-order valence-electron chi connectivity index (χ2n) is 4.97. The molecule has 3 rings (SSSR count). The van der Waals surface area contributed by atoms with Crippen molar-refractivity contribution in [2.24, 2.45) is 0 Å². The molecule has 0 saturated heterocycles. The molecule has 0 fully saturated rings. The number of carbonyl (C=O) groups is 1. The standard InChI is InChI=1S/C16H10F3N3O4/c17-16(18,19)10-3-1-2-4-13(10)26-9-5-14(25-7-9)11(23)6-12(24)15-20-8-21-22-15/h1-8,24H,(H,20,21,22). The Morgan fingerprint density at radius 3 is 2.77 bits per heavy atom. The largest absolute Gasteiger partial charge is 0.504 e. The van der Waals surface area contributed by atoms with Crippen molar-refractivity contribution in [1.82, 2.24) is 15.2 Å². The van der Waals surface area contributed by atoms with Crippen LogP contribution in [0.2, 0.25) is 0 Å². The molecule has 3 aromatic rings. The second kappa shape index (κ2) is 6.75. The third kappa shape index (κ3) is 3.74. The molecular formula is C16H10F3N3O4. The van der Waals surface area contributed by atoms with Crippen LogP contribution in [-0.2, 0) is 6.18 Å². The van der Waals surface area contributed by atoms with Gasteiger partial charge in [-0.15, -0.1) is 0 Å². The Labute approximate surface area is 143 Å². The van der Waals surface area contributed by atoms with Gasteiger partial charge in [-0.3, -0.25) is 9.89 Å². The molecule has 2 aromatic heterocycles. The lowest BCUT2D eigenvalue weighted by Crippen LogP contribution is -2.06. The molecule has 0 bridgehead atoms. The van der Waals surface area contributed by atoms with E-state index in [-0.39, 0.29) is 17.3 Å². The van der Waals surface area contributed by atoms with Crippen LogP contribution in [0, 0.1) is 0 Å². The van der Waals surface area contributed by atoms with E-state index in [1.165, 1.54) is 12.1 Å². The topological polar surface area (TPSA) is 101 Å². The van der Waals surface area contributed by atoms with Crippen LogP contribution in [0.4, 0.5) is 13.2 Å². The highest BCUT2D eigenvalue weighted by atomic mass is 19.4. The summed E-state index contributed by atoms with van der Waals surface area (Å²) in [6, 6.07) is 5.75. The molecule has 10 heteroatoms. The van der Waals surface area contributed by atoms with E-state index in [1.807, 2.05) is 0 Å². The van der Waals surface area contributed by atoms with E-state index in [2.05, 4.69) is 15.2 Å². The number of hydrogen-bond donors (Lipinski definition) is 2. The highest BCUT2D eigenvalue weighted by Crippen LogP contribution is 2.38. The number of H-pyrrole nitrogens is 1. The van der Waals surface area contributed by atoms with Crippen LogP contribution >= 0.6 is 0 Å². The minimum Gasteiger partial charge on any atom is -0.504 e. The Balaban J connectivity index is 1.79. The number of aliphatic hydroxyl groups is 1. The molecule has 0 spiro atoms. The lowest BCUT2D eigenvalue weighted by molar-refractivity contribution is -0.138. The van der Waals surface area contributed by atoms with E-state index in [0.29, 0.717) is 0 Å². The van der Waals surface area contributed by atoms with E-state index in [9.17, 15) is 23.1 Å². The summed E-state index contributed by atoms with van der Waals surface area (Å²) in [7, 11) is 0. The predicted octanol–water partition coefficient (Wildman–Crippen LogP) is 3.99. The number of alkyl halides is 3. The van der Waals surface area contributed by atoms with Crippen molar-refractivity contribution < 1.29 is 32.2 Å². The number of aromatic nitrogens is 3. The normalized spacial score (nSPS) is 12.2. The molecule has 2 heterocycles. The summed E-state index contributed by atoms with van der Waals surface area (Å²) in [5, 5.41) is 15.6. The summed E-state index contributed by atoms with van der Waals surface area (Å²) in [5.74, 6) is -2.01. The average Bonchev–Trinajstić information content (AvgIpc) is 3.26. The van der Waals surface area contributed by atoms with Crippen molar-refractivity contribution in [2.75, 3.05) is 0 Å². The number of carbonyl (C=O) groups excluding carboxylic acids is 1. The average molecular weight is 365 g/mol. The first-order valence-corrected chi connectivity index (χ1v) is 7.08. The lowest BCUT2D eigenvalue weighted by Gasteiger charge is -2.11. The van der Waals surface area contributed by atoms with Crippen molar-refractivity contribution >= 4 is 11.5 Å². The molecule has 0 saturated carbocycles. The van der Waals surface area contributed by atoms with E-state index in [4.69, 9.17) is 9.15 Å². The van der Waals surface area contributed by atoms with Crippen molar-refractivity contribution in [3.8, 4) is 11.5 Å². The molecule has 2 N–H and O–H groups in total. The fraction of sp³-hybridized carbons (Fsp3) is 0.0625. The van der Waals surface area contributed by atoms with Crippen LogP contribution < -0.4 is 4.74 Å². The number of ether oxygens (including phenoxy) is 1. The molecule has 134 valence electrons. The first kappa shape index (κ1) is 17.3. The van der Waals surface area contributed by atoms with Gasteiger partial charge in [0.25, 0.3) is 0 Å². The van der Waals surface area contributed by atoms with Crippen LogP contribution in [0.5, 0.6) is 11.5 Å². The summed E-state index contributed by atoms with van der Waals surface area (Å²) in [6.45, 7) is 0. The molecule has 0 aliphatic rings. The number of furan rings is 1. The molecule has 0 aliphatic heterocycles. The van der Waals surface area contributed by atoms with Crippen LogP contribution in [-0.4, -0.2) is 26.1 Å². The maximum Gasteiger partial charge on any atom is 0.419 e. The number of rotatable bonds is 5. The van der Waals surface area contributed by atoms with Crippen molar-refractivity contribution in [2.45, 2.75) is 6.18 Å². The quantitative estimate of drug-likeness (QED) is 0.403. The van der Waals surface area contributed by atoms with Crippen molar-refractivity contribution in [3.63, 3.8) is 0 Å². The predicted molar refractivity (Wildman–Crippen MR) is 81.5 cm³/mol. The van der Waals surface area contributed by atoms with Crippen LogP contribution in [0.25, 0.3) is 5.76 Å². The Morgan fingerprint density at radius 1 is 1.31 bits per heavy atom. The van der Waals surface area contributed by atoms with Crippen LogP contribution in [0.1, 0.15) is 21.9 Å². The zero-order chi connectivity index (χ0) is 18.7. The van der Waals surface area contributed by atoms with Gasteiger partial charge in [0, 0.05) is 12.1 Å². The number of benzene rings is 1. The summed E-state index contributed by atoms with van der Waals surface area (Å²) < 4.78 is 49.0. The van der Waals surface area contributed by atoms with Crippen molar-refractivity contribution in [1.29, 1.82) is 0 Å². The highest BCUT2D eigenvalue weighted by Gasteiger charge is 2.34. The summed E-state index contributed by atoms with van der Waals surface area (Å²) in [4.78, 5) is 15.7. The van der Waals surface area contributed by atoms with Crippen molar-refractivity contribution in [3.05, 3.63) is 66.1 Å². The zero-order valence-electron chi connectivity index (χ0n) is 12.8. The molecular weight excluding hydrogens is 355 g/mol. The van der Waals surface area contributed by atoms with E-state index >= 15 is 0 Å². The monoisotopic (exact) mass is 365 g/mol. The Hall–Kier alpha value is -3.56. The number of para-hydroxylation sites is 1. The minimum atomic E-state index is -4.59. The number of nitrogens with zero attached hydrogens (tertiary/aromatic N) is 2. The number of hydrogen-bond acceptors (Lipinski definition) is 6. The minimum absolute atomic E-state index is 0.0273. The van der Waals surface area contributed by atoms with Gasteiger partial charge >= 0.3 is 6.18 Å². The fourth-order valence-electron chi connectivity index (χ4n) is 2.01. The van der Waals surface area contributed by atoms with Gasteiger partial charge < -0.3 is 14.3 Å². The highest BCUT2D eigenvalue weighted by molar-refractivity contribution is 6.05. The zero-order valence-corrected chi connectivity index (χ0v) is 12.8. The molecule has 26 heavy (non-hydrogen) atoms. The van der Waals surface area contributed by atoms with E-state index < -0.39 is 29.0 Å². The molecule has 0 atom stereocenters. The smallest absolute Gasteiger partial charge is 0.419 e. The molecule has 7 nitrogen and oxygen atoms in total.